The summed E-state index contributed by atoms with van der Waals surface area (Å²) in [6.07, 6.45) is -0.960. The van der Waals surface area contributed by atoms with Gasteiger partial charge in [0.1, 0.15) is 0 Å². The lowest BCUT2D eigenvalue weighted by atomic mass is 10.1. The molecule has 0 saturated carbocycles. The SMILES string of the molecule is COc1cc(C(C)=O)ccc1OCC(=O)OC(C)C(=O)NCc1ccc(C)cc1. The van der Waals surface area contributed by atoms with Gasteiger partial charge in [0.15, 0.2) is 30.0 Å². The lowest BCUT2D eigenvalue weighted by molar-refractivity contribution is -0.156. The van der Waals surface area contributed by atoms with Crippen LogP contribution in [0, 0.1) is 6.92 Å². The largest absolute Gasteiger partial charge is 0.493 e. The van der Waals surface area contributed by atoms with E-state index in [1.54, 1.807) is 12.1 Å². The van der Waals surface area contributed by atoms with Crippen molar-refractivity contribution in [2.75, 3.05) is 13.7 Å². The maximum Gasteiger partial charge on any atom is 0.344 e. The van der Waals surface area contributed by atoms with Gasteiger partial charge in [-0.15, -0.1) is 0 Å². The highest BCUT2D eigenvalue weighted by atomic mass is 16.6. The molecular formula is C22H25NO6. The number of esters is 1. The van der Waals surface area contributed by atoms with Crippen molar-refractivity contribution in [2.45, 2.75) is 33.4 Å². The van der Waals surface area contributed by atoms with Crippen molar-refractivity contribution in [3.8, 4) is 11.5 Å². The molecule has 0 aliphatic heterocycles. The summed E-state index contributed by atoms with van der Waals surface area (Å²) < 4.78 is 15.7. The summed E-state index contributed by atoms with van der Waals surface area (Å²) in [5.74, 6) is -0.581. The Morgan fingerprint density at radius 1 is 1.03 bits per heavy atom. The third-order valence-electron chi connectivity index (χ3n) is 4.18. The molecule has 0 bridgehead atoms. The molecule has 0 aromatic heterocycles. The highest BCUT2D eigenvalue weighted by molar-refractivity contribution is 5.94. The Morgan fingerprint density at radius 3 is 2.34 bits per heavy atom. The number of hydrogen-bond acceptors (Lipinski definition) is 6. The fourth-order valence-electron chi connectivity index (χ4n) is 2.47. The minimum absolute atomic E-state index is 0.111. The van der Waals surface area contributed by atoms with E-state index in [1.165, 1.54) is 27.0 Å². The van der Waals surface area contributed by atoms with Crippen molar-refractivity contribution in [3.05, 3.63) is 59.2 Å². The molecule has 0 spiro atoms. The number of methoxy groups -OCH3 is 1. The fraction of sp³-hybridized carbons (Fsp3) is 0.318. The molecule has 7 heteroatoms. The van der Waals surface area contributed by atoms with Crippen LogP contribution < -0.4 is 14.8 Å². The van der Waals surface area contributed by atoms with Gasteiger partial charge in [-0.3, -0.25) is 9.59 Å². The minimum atomic E-state index is -0.960. The molecule has 2 aromatic carbocycles. The van der Waals surface area contributed by atoms with Crippen LogP contribution in [0.4, 0.5) is 0 Å². The number of Topliss-reactive ketones (excluding diaryl/α,β-unsaturated/α-hetero) is 1. The van der Waals surface area contributed by atoms with E-state index < -0.39 is 24.6 Å². The Labute approximate surface area is 170 Å². The van der Waals surface area contributed by atoms with Crippen LogP contribution in [0.15, 0.2) is 42.5 Å². The zero-order valence-electron chi connectivity index (χ0n) is 17.0. The maximum atomic E-state index is 12.1. The van der Waals surface area contributed by atoms with Gasteiger partial charge >= 0.3 is 5.97 Å². The van der Waals surface area contributed by atoms with Crippen LogP contribution in [0.2, 0.25) is 0 Å². The summed E-state index contributed by atoms with van der Waals surface area (Å²) in [5.41, 5.74) is 2.55. The first-order chi connectivity index (χ1) is 13.8. The Kier molecular flexibility index (Phi) is 7.77. The first-order valence-electron chi connectivity index (χ1n) is 9.14. The second-order valence-corrected chi connectivity index (χ2v) is 6.55. The number of carbonyl (C=O) groups is 3. The van der Waals surface area contributed by atoms with Crippen molar-refractivity contribution >= 4 is 17.7 Å². The van der Waals surface area contributed by atoms with E-state index in [4.69, 9.17) is 14.2 Å². The fourth-order valence-corrected chi connectivity index (χ4v) is 2.47. The van der Waals surface area contributed by atoms with E-state index in [-0.39, 0.29) is 5.78 Å². The van der Waals surface area contributed by atoms with Crippen LogP contribution in [-0.4, -0.2) is 37.5 Å². The third kappa shape index (κ3) is 6.64. The molecule has 1 unspecified atom stereocenters. The van der Waals surface area contributed by atoms with Crippen LogP contribution in [0.5, 0.6) is 11.5 Å². The number of hydrogen-bond donors (Lipinski definition) is 1. The number of amides is 1. The highest BCUT2D eigenvalue weighted by Gasteiger charge is 2.18. The third-order valence-corrected chi connectivity index (χ3v) is 4.18. The smallest absolute Gasteiger partial charge is 0.344 e. The van der Waals surface area contributed by atoms with Crippen LogP contribution in [0.3, 0.4) is 0 Å². The van der Waals surface area contributed by atoms with Gasteiger partial charge in [0.25, 0.3) is 5.91 Å². The Bertz CT molecular complexity index is 875. The number of benzene rings is 2. The molecule has 0 fully saturated rings. The van der Waals surface area contributed by atoms with E-state index in [1.807, 2.05) is 31.2 Å². The first kappa shape index (κ1) is 21.9. The molecule has 1 N–H and O–H groups in total. The number of ether oxygens (including phenoxy) is 3. The number of aryl methyl sites for hydroxylation is 1. The summed E-state index contributed by atoms with van der Waals surface area (Å²) >= 11 is 0. The Balaban J connectivity index is 1.82. The number of rotatable bonds is 9. The molecule has 0 aliphatic carbocycles. The summed E-state index contributed by atoms with van der Waals surface area (Å²) in [6, 6.07) is 12.4. The van der Waals surface area contributed by atoms with Gasteiger partial charge in [-0.2, -0.15) is 0 Å². The number of ketones is 1. The topological polar surface area (TPSA) is 90.9 Å². The molecule has 7 nitrogen and oxygen atoms in total. The molecule has 29 heavy (non-hydrogen) atoms. The summed E-state index contributed by atoms with van der Waals surface area (Å²) in [6.45, 7) is 4.87. The van der Waals surface area contributed by atoms with Crippen molar-refractivity contribution in [1.29, 1.82) is 0 Å². The van der Waals surface area contributed by atoms with Gasteiger partial charge in [-0.05, 0) is 44.5 Å². The van der Waals surface area contributed by atoms with Gasteiger partial charge in [0.2, 0.25) is 0 Å². The standard InChI is InChI=1S/C22H25NO6/c1-14-5-7-17(8-6-14)12-23-22(26)16(3)29-21(25)13-28-19-10-9-18(15(2)24)11-20(19)27-4/h5-11,16H,12-13H2,1-4H3,(H,23,26). The van der Waals surface area contributed by atoms with Gasteiger partial charge in [0, 0.05) is 12.1 Å². The van der Waals surface area contributed by atoms with Gasteiger partial charge < -0.3 is 19.5 Å². The first-order valence-corrected chi connectivity index (χ1v) is 9.14. The lowest BCUT2D eigenvalue weighted by Crippen LogP contribution is -2.36. The second-order valence-electron chi connectivity index (χ2n) is 6.55. The second kappa shape index (κ2) is 10.3. The summed E-state index contributed by atoms with van der Waals surface area (Å²) in [5, 5.41) is 2.72. The van der Waals surface area contributed by atoms with E-state index in [0.29, 0.717) is 23.6 Å². The van der Waals surface area contributed by atoms with Crippen LogP contribution >= 0.6 is 0 Å². The van der Waals surface area contributed by atoms with Crippen molar-refractivity contribution in [2.24, 2.45) is 0 Å². The highest BCUT2D eigenvalue weighted by Crippen LogP contribution is 2.28. The molecular weight excluding hydrogens is 374 g/mol. The molecule has 1 atom stereocenters. The molecule has 0 heterocycles. The predicted octanol–water partition coefficient (Wildman–Crippen LogP) is 2.83. The Morgan fingerprint density at radius 2 is 1.72 bits per heavy atom. The molecule has 2 rings (SSSR count). The van der Waals surface area contributed by atoms with Crippen molar-refractivity contribution in [3.63, 3.8) is 0 Å². The molecule has 0 aliphatic rings. The quantitative estimate of drug-likeness (QED) is 0.515. The number of nitrogens with one attached hydrogen (secondary N) is 1. The maximum absolute atomic E-state index is 12.1. The summed E-state index contributed by atoms with van der Waals surface area (Å²) in [4.78, 5) is 35.5. The lowest BCUT2D eigenvalue weighted by Gasteiger charge is -2.15. The molecule has 1 amide bonds. The molecule has 0 radical (unpaired) electrons. The normalized spacial score (nSPS) is 11.3. The Hall–Kier alpha value is -3.35. The van der Waals surface area contributed by atoms with Crippen LogP contribution in [0.1, 0.15) is 35.3 Å². The van der Waals surface area contributed by atoms with Crippen LogP contribution in [-0.2, 0) is 20.9 Å². The zero-order valence-corrected chi connectivity index (χ0v) is 17.0. The predicted molar refractivity (Wildman–Crippen MR) is 107 cm³/mol. The average Bonchev–Trinajstić information content (AvgIpc) is 2.71. The molecule has 154 valence electrons. The molecule has 0 saturated heterocycles. The van der Waals surface area contributed by atoms with Crippen molar-refractivity contribution < 1.29 is 28.6 Å². The molecule has 2 aromatic rings. The van der Waals surface area contributed by atoms with Gasteiger partial charge in [-0.1, -0.05) is 29.8 Å². The van der Waals surface area contributed by atoms with E-state index in [2.05, 4.69) is 5.32 Å². The van der Waals surface area contributed by atoms with E-state index in [9.17, 15) is 14.4 Å². The van der Waals surface area contributed by atoms with E-state index in [0.717, 1.165) is 11.1 Å². The zero-order chi connectivity index (χ0) is 21.4. The monoisotopic (exact) mass is 399 g/mol. The van der Waals surface area contributed by atoms with Crippen molar-refractivity contribution in [1.82, 2.24) is 5.32 Å². The minimum Gasteiger partial charge on any atom is -0.493 e. The van der Waals surface area contributed by atoms with Crippen LogP contribution in [0.25, 0.3) is 0 Å². The van der Waals surface area contributed by atoms with E-state index >= 15 is 0 Å². The average molecular weight is 399 g/mol. The number of carbonyl (C=O) groups excluding carboxylic acids is 3. The van der Waals surface area contributed by atoms with Gasteiger partial charge in [-0.25, -0.2) is 4.79 Å². The summed E-state index contributed by atoms with van der Waals surface area (Å²) in [7, 11) is 1.44. The van der Waals surface area contributed by atoms with Gasteiger partial charge in [0.05, 0.1) is 7.11 Å².